The number of benzene rings is 1. The summed E-state index contributed by atoms with van der Waals surface area (Å²) in [5.41, 5.74) is 0.153. The van der Waals surface area contributed by atoms with Crippen LogP contribution in [0.5, 0.6) is 5.75 Å². The Morgan fingerprint density at radius 3 is 2.07 bits per heavy atom. The van der Waals surface area contributed by atoms with E-state index in [0.717, 1.165) is 11.3 Å². The van der Waals surface area contributed by atoms with E-state index in [1.54, 1.807) is 7.11 Å². The minimum Gasteiger partial charge on any atom is -0.497 e. The lowest BCUT2D eigenvalue weighted by Gasteiger charge is -2.28. The maximum absolute atomic E-state index is 10.2. The Bertz CT molecular complexity index is 286. The summed E-state index contributed by atoms with van der Waals surface area (Å²) in [4.78, 5) is 0. The van der Waals surface area contributed by atoms with Crippen LogP contribution in [0.15, 0.2) is 24.3 Å². The first-order chi connectivity index (χ1) is 6.48. The third-order valence-electron chi connectivity index (χ3n) is 2.80. The summed E-state index contributed by atoms with van der Waals surface area (Å²) in [5.74, 6) is 1.00. The van der Waals surface area contributed by atoms with Crippen LogP contribution in [-0.4, -0.2) is 12.2 Å². The Balaban J connectivity index is 2.97. The van der Waals surface area contributed by atoms with Crippen LogP contribution in [-0.2, 0) is 5.60 Å². The van der Waals surface area contributed by atoms with Crippen LogP contribution in [0, 0.1) is 5.92 Å². The van der Waals surface area contributed by atoms with E-state index >= 15 is 0 Å². The molecule has 0 saturated heterocycles. The van der Waals surface area contributed by atoms with E-state index in [1.165, 1.54) is 0 Å². The third kappa shape index (κ3) is 2.07. The van der Waals surface area contributed by atoms with Gasteiger partial charge in [0.1, 0.15) is 5.75 Å². The molecule has 2 nitrogen and oxygen atoms in total. The summed E-state index contributed by atoms with van der Waals surface area (Å²) in [6.07, 6.45) is 0. The van der Waals surface area contributed by atoms with Crippen molar-refractivity contribution in [3.63, 3.8) is 0 Å². The second kappa shape index (κ2) is 4.01. The zero-order chi connectivity index (χ0) is 10.8. The molecule has 0 aromatic heterocycles. The molecule has 0 aliphatic carbocycles. The second-order valence-corrected chi connectivity index (χ2v) is 4.03. The summed E-state index contributed by atoms with van der Waals surface area (Å²) in [5, 5.41) is 10.2. The van der Waals surface area contributed by atoms with Gasteiger partial charge in [0, 0.05) is 0 Å². The zero-order valence-corrected chi connectivity index (χ0v) is 9.24. The predicted octanol–water partition coefficient (Wildman–Crippen LogP) is 2.56. The van der Waals surface area contributed by atoms with Gasteiger partial charge < -0.3 is 9.84 Å². The SMILES string of the molecule is COc1ccc([C@@](C)(O)C(C)C)cc1. The fourth-order valence-corrected chi connectivity index (χ4v) is 1.26. The lowest BCUT2D eigenvalue weighted by Crippen LogP contribution is -2.27. The molecule has 1 atom stereocenters. The molecule has 1 N–H and O–H groups in total. The first-order valence-electron chi connectivity index (χ1n) is 4.85. The summed E-state index contributed by atoms with van der Waals surface area (Å²) in [6.45, 7) is 5.84. The zero-order valence-electron chi connectivity index (χ0n) is 9.24. The number of ether oxygens (including phenoxy) is 1. The van der Waals surface area contributed by atoms with Gasteiger partial charge in [0.25, 0.3) is 0 Å². The highest BCUT2D eigenvalue weighted by Crippen LogP contribution is 2.29. The van der Waals surface area contributed by atoms with E-state index < -0.39 is 5.60 Å². The van der Waals surface area contributed by atoms with Crippen LogP contribution >= 0.6 is 0 Å². The second-order valence-electron chi connectivity index (χ2n) is 4.03. The highest BCUT2D eigenvalue weighted by Gasteiger charge is 2.26. The van der Waals surface area contributed by atoms with Crippen molar-refractivity contribution >= 4 is 0 Å². The van der Waals surface area contributed by atoms with Crippen LogP contribution in [0.2, 0.25) is 0 Å². The van der Waals surface area contributed by atoms with Gasteiger partial charge in [0.2, 0.25) is 0 Å². The van der Waals surface area contributed by atoms with Gasteiger partial charge in [-0.2, -0.15) is 0 Å². The molecule has 78 valence electrons. The van der Waals surface area contributed by atoms with Gasteiger partial charge in [0.15, 0.2) is 0 Å². The van der Waals surface area contributed by atoms with E-state index in [2.05, 4.69) is 0 Å². The number of aliphatic hydroxyl groups is 1. The molecule has 0 radical (unpaired) electrons. The van der Waals surface area contributed by atoms with Crippen molar-refractivity contribution in [2.45, 2.75) is 26.4 Å². The van der Waals surface area contributed by atoms with Crippen LogP contribution in [0.1, 0.15) is 26.3 Å². The highest BCUT2D eigenvalue weighted by atomic mass is 16.5. The molecule has 0 unspecified atom stereocenters. The van der Waals surface area contributed by atoms with Gasteiger partial charge >= 0.3 is 0 Å². The molecule has 0 heterocycles. The molecule has 1 aromatic carbocycles. The Labute approximate surface area is 85.5 Å². The van der Waals surface area contributed by atoms with Gasteiger partial charge in [0.05, 0.1) is 12.7 Å². The molecule has 2 heteroatoms. The van der Waals surface area contributed by atoms with Crippen molar-refractivity contribution in [1.29, 1.82) is 0 Å². The van der Waals surface area contributed by atoms with Gasteiger partial charge in [-0.1, -0.05) is 26.0 Å². The van der Waals surface area contributed by atoms with Gasteiger partial charge in [-0.15, -0.1) is 0 Å². The minimum atomic E-state index is -0.772. The number of hydrogen-bond donors (Lipinski definition) is 1. The fraction of sp³-hybridized carbons (Fsp3) is 0.500. The van der Waals surface area contributed by atoms with Crippen molar-refractivity contribution in [2.24, 2.45) is 5.92 Å². The quantitative estimate of drug-likeness (QED) is 0.801. The molecule has 14 heavy (non-hydrogen) atoms. The number of methoxy groups -OCH3 is 1. The monoisotopic (exact) mass is 194 g/mol. The normalized spacial score (nSPS) is 15.3. The predicted molar refractivity (Wildman–Crippen MR) is 57.4 cm³/mol. The van der Waals surface area contributed by atoms with Crippen LogP contribution in [0.4, 0.5) is 0 Å². The number of hydrogen-bond acceptors (Lipinski definition) is 2. The van der Waals surface area contributed by atoms with E-state index in [1.807, 2.05) is 45.0 Å². The van der Waals surface area contributed by atoms with Crippen molar-refractivity contribution in [3.05, 3.63) is 29.8 Å². The third-order valence-corrected chi connectivity index (χ3v) is 2.80. The summed E-state index contributed by atoms with van der Waals surface area (Å²) in [6, 6.07) is 7.54. The standard InChI is InChI=1S/C12H18O2/c1-9(2)12(3,13)10-5-7-11(14-4)8-6-10/h5-9,13H,1-4H3/t12-/m0/s1. The molecule has 0 amide bonds. The molecular formula is C12H18O2. The first kappa shape index (κ1) is 11.1. The smallest absolute Gasteiger partial charge is 0.118 e. The van der Waals surface area contributed by atoms with E-state index in [4.69, 9.17) is 4.74 Å². The molecule has 0 bridgehead atoms. The Morgan fingerprint density at radius 1 is 1.21 bits per heavy atom. The molecular weight excluding hydrogens is 176 g/mol. The molecule has 0 saturated carbocycles. The lowest BCUT2D eigenvalue weighted by molar-refractivity contribution is 0.00902. The topological polar surface area (TPSA) is 29.5 Å². The van der Waals surface area contributed by atoms with Crippen molar-refractivity contribution in [3.8, 4) is 5.75 Å². The largest absolute Gasteiger partial charge is 0.497 e. The summed E-state index contributed by atoms with van der Waals surface area (Å²) < 4.78 is 5.06. The lowest BCUT2D eigenvalue weighted by atomic mass is 9.85. The Morgan fingerprint density at radius 2 is 1.71 bits per heavy atom. The van der Waals surface area contributed by atoms with E-state index in [-0.39, 0.29) is 5.92 Å². The fourth-order valence-electron chi connectivity index (χ4n) is 1.26. The number of rotatable bonds is 3. The van der Waals surface area contributed by atoms with Crippen LogP contribution in [0.25, 0.3) is 0 Å². The molecule has 1 rings (SSSR count). The molecule has 1 aromatic rings. The molecule has 0 fully saturated rings. The average Bonchev–Trinajstić information content (AvgIpc) is 2.17. The van der Waals surface area contributed by atoms with Gasteiger partial charge in [-0.05, 0) is 30.5 Å². The Kier molecular flexibility index (Phi) is 3.17. The van der Waals surface area contributed by atoms with Gasteiger partial charge in [-0.3, -0.25) is 0 Å². The van der Waals surface area contributed by atoms with Crippen molar-refractivity contribution in [1.82, 2.24) is 0 Å². The Hall–Kier alpha value is -1.02. The molecule has 0 spiro atoms. The van der Waals surface area contributed by atoms with E-state index in [9.17, 15) is 5.11 Å². The van der Waals surface area contributed by atoms with Crippen LogP contribution < -0.4 is 4.74 Å². The van der Waals surface area contributed by atoms with E-state index in [0.29, 0.717) is 0 Å². The van der Waals surface area contributed by atoms with Gasteiger partial charge in [-0.25, -0.2) is 0 Å². The maximum atomic E-state index is 10.2. The summed E-state index contributed by atoms with van der Waals surface area (Å²) in [7, 11) is 1.63. The maximum Gasteiger partial charge on any atom is 0.118 e. The minimum absolute atomic E-state index is 0.191. The first-order valence-corrected chi connectivity index (χ1v) is 4.85. The van der Waals surface area contributed by atoms with Crippen LogP contribution in [0.3, 0.4) is 0 Å². The average molecular weight is 194 g/mol. The molecule has 0 aliphatic heterocycles. The highest BCUT2D eigenvalue weighted by molar-refractivity contribution is 5.30. The summed E-state index contributed by atoms with van der Waals surface area (Å²) >= 11 is 0. The van der Waals surface area contributed by atoms with Crippen molar-refractivity contribution in [2.75, 3.05) is 7.11 Å². The van der Waals surface area contributed by atoms with Crippen molar-refractivity contribution < 1.29 is 9.84 Å². The molecule has 0 aliphatic rings.